The van der Waals surface area contributed by atoms with Gasteiger partial charge in [0.15, 0.2) is 0 Å². The van der Waals surface area contributed by atoms with Crippen molar-refractivity contribution >= 4 is 23.6 Å². The highest BCUT2D eigenvalue weighted by atomic mass is 19.3. The number of rotatable bonds is 5. The maximum absolute atomic E-state index is 13.5. The lowest BCUT2D eigenvalue weighted by atomic mass is 10.0. The molecule has 3 fully saturated rings. The van der Waals surface area contributed by atoms with E-state index < -0.39 is 47.6 Å². The monoisotopic (exact) mass is 432 g/mol. The Kier molecular flexibility index (Phi) is 4.67. The molecule has 3 heterocycles. The van der Waals surface area contributed by atoms with E-state index in [0.29, 0.717) is 24.9 Å². The van der Waals surface area contributed by atoms with E-state index in [1.807, 2.05) is 0 Å². The summed E-state index contributed by atoms with van der Waals surface area (Å²) in [5.41, 5.74) is 1.08. The van der Waals surface area contributed by atoms with Gasteiger partial charge in [-0.05, 0) is 30.9 Å². The summed E-state index contributed by atoms with van der Waals surface area (Å²) in [6.07, 6.45) is 1.31. The number of halogens is 2. The molecule has 1 aliphatic carbocycles. The molecule has 2 saturated heterocycles. The highest BCUT2D eigenvalue weighted by molar-refractivity contribution is 6.24. The Labute approximate surface area is 176 Å². The maximum atomic E-state index is 13.5. The van der Waals surface area contributed by atoms with Crippen molar-refractivity contribution in [1.29, 1.82) is 0 Å². The van der Waals surface area contributed by atoms with Gasteiger partial charge in [-0.2, -0.15) is 0 Å². The Morgan fingerprint density at radius 2 is 1.90 bits per heavy atom. The Hall–Kier alpha value is -2.72. The van der Waals surface area contributed by atoms with E-state index in [0.717, 1.165) is 4.90 Å². The topological polar surface area (TPSA) is 108 Å². The molecule has 4 amide bonds. The highest BCUT2D eigenvalue weighted by Gasteiger charge is 2.69. The minimum Gasteiger partial charge on any atom is -0.311 e. The van der Waals surface area contributed by atoms with Crippen LogP contribution in [0, 0.1) is 5.92 Å². The van der Waals surface area contributed by atoms with E-state index in [2.05, 4.69) is 16.0 Å². The summed E-state index contributed by atoms with van der Waals surface area (Å²) < 4.78 is 27.1. The van der Waals surface area contributed by atoms with Gasteiger partial charge in [-0.25, -0.2) is 8.78 Å². The number of amides is 4. The highest BCUT2D eigenvalue weighted by Crippen LogP contribution is 2.53. The molecule has 31 heavy (non-hydrogen) atoms. The normalized spacial score (nSPS) is 31.4. The number of alkyl halides is 2. The largest absolute Gasteiger partial charge is 0.311 e. The van der Waals surface area contributed by atoms with Crippen molar-refractivity contribution < 1.29 is 28.0 Å². The molecule has 8 nitrogen and oxygen atoms in total. The average Bonchev–Trinajstić information content (AvgIpc) is 3.18. The Bertz CT molecular complexity index is 998. The SMILES string of the molecule is O=C1CCC(N2C(=O)c3cccc(CNC[C@@H]4CCC5C(N4)C5(F)F)c3C2=O)C(=O)N1. The molecule has 0 spiro atoms. The van der Waals surface area contributed by atoms with E-state index in [4.69, 9.17) is 0 Å². The van der Waals surface area contributed by atoms with Crippen LogP contribution in [0.15, 0.2) is 18.2 Å². The summed E-state index contributed by atoms with van der Waals surface area (Å²) in [7, 11) is 0. The number of hydrogen-bond donors (Lipinski definition) is 3. The quantitative estimate of drug-likeness (QED) is 0.587. The van der Waals surface area contributed by atoms with Gasteiger partial charge in [0.2, 0.25) is 11.8 Å². The van der Waals surface area contributed by atoms with Crippen LogP contribution in [0.2, 0.25) is 0 Å². The number of carbonyl (C=O) groups is 4. The van der Waals surface area contributed by atoms with Crippen LogP contribution < -0.4 is 16.0 Å². The predicted molar refractivity (Wildman–Crippen MR) is 103 cm³/mol. The lowest BCUT2D eigenvalue weighted by Crippen LogP contribution is -2.54. The van der Waals surface area contributed by atoms with Crippen molar-refractivity contribution in [3.05, 3.63) is 34.9 Å². The second-order valence-corrected chi connectivity index (χ2v) is 8.62. The van der Waals surface area contributed by atoms with E-state index >= 15 is 0 Å². The molecular weight excluding hydrogens is 410 g/mol. The van der Waals surface area contributed by atoms with Gasteiger partial charge < -0.3 is 10.6 Å². The summed E-state index contributed by atoms with van der Waals surface area (Å²) in [5.74, 6) is -5.34. The number of imide groups is 2. The van der Waals surface area contributed by atoms with Crippen molar-refractivity contribution in [3.8, 4) is 0 Å². The standard InChI is InChI=1S/C21H22F2N4O4/c22-21(23)13-5-4-11(25-17(13)21)9-24-8-10-2-1-3-12-16(10)20(31)27(19(12)30)14-6-7-15(28)26-18(14)29/h1-3,11,13-14,17,24-25H,4-9H2,(H,26,28,29)/t11-,13?,14?,17?/m0/s1. The predicted octanol–water partition coefficient (Wildman–Crippen LogP) is 0.563. The summed E-state index contributed by atoms with van der Waals surface area (Å²) in [6, 6.07) is 3.11. The third-order valence-electron chi connectivity index (χ3n) is 6.70. The summed E-state index contributed by atoms with van der Waals surface area (Å²) in [6.45, 7) is 0.746. The first kappa shape index (κ1) is 20.2. The minimum absolute atomic E-state index is 0.0630. The van der Waals surface area contributed by atoms with Gasteiger partial charge in [0.05, 0.1) is 17.2 Å². The molecule has 1 aromatic rings. The molecule has 4 aliphatic rings. The second kappa shape index (κ2) is 7.16. The smallest absolute Gasteiger partial charge is 0.268 e. The van der Waals surface area contributed by atoms with Crippen molar-refractivity contribution in [3.63, 3.8) is 0 Å². The van der Waals surface area contributed by atoms with Gasteiger partial charge in [0, 0.05) is 31.5 Å². The third kappa shape index (κ3) is 3.25. The molecule has 1 saturated carbocycles. The summed E-state index contributed by atoms with van der Waals surface area (Å²) >= 11 is 0. The van der Waals surface area contributed by atoms with Crippen LogP contribution in [0.25, 0.3) is 0 Å². The molecule has 5 rings (SSSR count). The van der Waals surface area contributed by atoms with Crippen molar-refractivity contribution in [2.45, 2.75) is 56.3 Å². The van der Waals surface area contributed by atoms with Crippen LogP contribution in [0.4, 0.5) is 8.78 Å². The Morgan fingerprint density at radius 1 is 1.10 bits per heavy atom. The van der Waals surface area contributed by atoms with Crippen molar-refractivity contribution in [2.75, 3.05) is 6.54 Å². The van der Waals surface area contributed by atoms with Crippen molar-refractivity contribution in [1.82, 2.24) is 20.9 Å². The van der Waals surface area contributed by atoms with Gasteiger partial charge in [0.25, 0.3) is 17.7 Å². The number of carbonyl (C=O) groups excluding carboxylic acids is 4. The van der Waals surface area contributed by atoms with Crippen LogP contribution in [-0.4, -0.2) is 59.1 Å². The van der Waals surface area contributed by atoms with Crippen LogP contribution in [0.1, 0.15) is 52.0 Å². The first-order chi connectivity index (χ1) is 14.8. The number of nitrogens with one attached hydrogen (secondary N) is 3. The lowest BCUT2D eigenvalue weighted by Gasteiger charge is -2.27. The fourth-order valence-corrected chi connectivity index (χ4v) is 4.97. The zero-order chi connectivity index (χ0) is 21.9. The zero-order valence-electron chi connectivity index (χ0n) is 16.6. The average molecular weight is 432 g/mol. The van der Waals surface area contributed by atoms with Crippen LogP contribution in [0.5, 0.6) is 0 Å². The zero-order valence-corrected chi connectivity index (χ0v) is 16.6. The third-order valence-corrected chi connectivity index (χ3v) is 6.70. The lowest BCUT2D eigenvalue weighted by molar-refractivity contribution is -0.136. The number of benzene rings is 1. The van der Waals surface area contributed by atoms with Gasteiger partial charge in [-0.1, -0.05) is 12.1 Å². The number of hydrogen-bond acceptors (Lipinski definition) is 6. The fraction of sp³-hybridized carbons (Fsp3) is 0.524. The maximum Gasteiger partial charge on any atom is 0.268 e. The van der Waals surface area contributed by atoms with Gasteiger partial charge in [0.1, 0.15) is 6.04 Å². The van der Waals surface area contributed by atoms with Gasteiger partial charge in [-0.15, -0.1) is 0 Å². The number of nitrogens with zero attached hydrogens (tertiary/aromatic N) is 1. The van der Waals surface area contributed by atoms with E-state index in [9.17, 15) is 28.0 Å². The minimum atomic E-state index is -2.61. The second-order valence-electron chi connectivity index (χ2n) is 8.62. The molecule has 10 heteroatoms. The van der Waals surface area contributed by atoms with E-state index in [1.165, 1.54) is 0 Å². The molecule has 3 N–H and O–H groups in total. The summed E-state index contributed by atoms with van der Waals surface area (Å²) in [4.78, 5) is 50.4. The van der Waals surface area contributed by atoms with Gasteiger partial charge in [-0.3, -0.25) is 29.4 Å². The Balaban J connectivity index is 1.26. The van der Waals surface area contributed by atoms with Crippen LogP contribution >= 0.6 is 0 Å². The van der Waals surface area contributed by atoms with Crippen LogP contribution in [0.3, 0.4) is 0 Å². The molecule has 0 radical (unpaired) electrons. The van der Waals surface area contributed by atoms with Crippen molar-refractivity contribution in [2.24, 2.45) is 5.92 Å². The van der Waals surface area contributed by atoms with E-state index in [-0.39, 0.29) is 36.6 Å². The molecule has 1 aromatic carbocycles. The first-order valence-electron chi connectivity index (χ1n) is 10.5. The molecule has 164 valence electrons. The molecular formula is C21H22F2N4O4. The molecule has 0 bridgehead atoms. The molecule has 0 aromatic heterocycles. The fourth-order valence-electron chi connectivity index (χ4n) is 4.97. The molecule has 3 unspecified atom stereocenters. The number of fused-ring (bicyclic) bond motifs is 2. The summed E-state index contributed by atoms with van der Waals surface area (Å²) in [5, 5.41) is 8.35. The van der Waals surface area contributed by atoms with Gasteiger partial charge >= 0.3 is 0 Å². The Morgan fingerprint density at radius 3 is 2.65 bits per heavy atom. The molecule has 3 aliphatic heterocycles. The first-order valence-corrected chi connectivity index (χ1v) is 10.5. The van der Waals surface area contributed by atoms with Crippen LogP contribution in [-0.2, 0) is 16.1 Å². The molecule has 4 atom stereocenters. The number of piperidine rings is 2. The van der Waals surface area contributed by atoms with E-state index in [1.54, 1.807) is 18.2 Å².